The standard InChI is InChI=1S/C29H29N3O4S3/c1-3-15-32-27(34)24-19-13-9-6-10-14-21(19)38-26(24)31-29(32)37-17-23(33)30-25-20(28(35)36-4-2)16-22(39-25)18-11-7-5-8-12-18/h3,5,7-8,11-12,16H,1,4,6,9-10,13-15,17H2,2H3,(H,30,33). The SMILES string of the molecule is C=CCn1c(SCC(=O)Nc2sc(-c3ccccc3)cc2C(=O)OCC)nc2sc3c(c2c1=O)CCCCC3. The van der Waals surface area contributed by atoms with Crippen LogP contribution in [0.4, 0.5) is 5.00 Å². The predicted octanol–water partition coefficient (Wildman–Crippen LogP) is 6.55. The van der Waals surface area contributed by atoms with E-state index in [1.165, 1.54) is 34.4 Å². The fraction of sp³-hybridized carbons (Fsp3) is 0.310. The monoisotopic (exact) mass is 579 g/mol. The van der Waals surface area contributed by atoms with Gasteiger partial charge in [0.25, 0.3) is 5.56 Å². The highest BCUT2D eigenvalue weighted by molar-refractivity contribution is 7.99. The van der Waals surface area contributed by atoms with Gasteiger partial charge in [-0.2, -0.15) is 0 Å². The van der Waals surface area contributed by atoms with E-state index in [2.05, 4.69) is 11.9 Å². The second kappa shape index (κ2) is 12.3. The zero-order valence-corrected chi connectivity index (χ0v) is 24.1. The number of nitrogens with zero attached hydrogens (tertiary/aromatic N) is 2. The number of aromatic nitrogens is 2. The lowest BCUT2D eigenvalue weighted by Gasteiger charge is -2.11. The maximum Gasteiger partial charge on any atom is 0.341 e. The minimum absolute atomic E-state index is 0.0288. The molecule has 5 rings (SSSR count). The van der Waals surface area contributed by atoms with Gasteiger partial charge in [0.2, 0.25) is 5.91 Å². The number of amides is 1. The molecule has 0 radical (unpaired) electrons. The summed E-state index contributed by atoms with van der Waals surface area (Å²) in [6, 6.07) is 11.4. The highest BCUT2D eigenvalue weighted by Crippen LogP contribution is 2.37. The summed E-state index contributed by atoms with van der Waals surface area (Å²) in [7, 11) is 0. The van der Waals surface area contributed by atoms with E-state index in [-0.39, 0.29) is 23.8 Å². The average molecular weight is 580 g/mol. The third kappa shape index (κ3) is 5.88. The van der Waals surface area contributed by atoms with Crippen molar-refractivity contribution < 1.29 is 14.3 Å². The van der Waals surface area contributed by atoms with Crippen molar-refractivity contribution in [2.45, 2.75) is 50.7 Å². The van der Waals surface area contributed by atoms with Gasteiger partial charge in [-0.05, 0) is 49.8 Å². The van der Waals surface area contributed by atoms with E-state index >= 15 is 0 Å². The van der Waals surface area contributed by atoms with E-state index in [1.54, 1.807) is 35.0 Å². The van der Waals surface area contributed by atoms with Gasteiger partial charge in [0.05, 0.1) is 23.3 Å². The summed E-state index contributed by atoms with van der Waals surface area (Å²) in [6.45, 7) is 6.11. The number of carbonyl (C=O) groups excluding carboxylic acids is 2. The Hall–Kier alpha value is -3.21. The van der Waals surface area contributed by atoms with Crippen molar-refractivity contribution in [3.05, 3.63) is 75.4 Å². The minimum atomic E-state index is -0.483. The quantitative estimate of drug-likeness (QED) is 0.0795. The number of aryl methyl sites for hydroxylation is 2. The van der Waals surface area contributed by atoms with Crippen LogP contribution in [0.15, 0.2) is 59.0 Å². The van der Waals surface area contributed by atoms with Crippen LogP contribution in [-0.4, -0.2) is 33.8 Å². The van der Waals surface area contributed by atoms with E-state index in [9.17, 15) is 14.4 Å². The van der Waals surface area contributed by atoms with Crippen LogP contribution in [-0.2, 0) is 28.9 Å². The van der Waals surface area contributed by atoms with Crippen molar-refractivity contribution in [1.82, 2.24) is 9.55 Å². The van der Waals surface area contributed by atoms with Gasteiger partial charge in [-0.15, -0.1) is 29.3 Å². The Kier molecular flexibility index (Phi) is 8.64. The number of thioether (sulfide) groups is 1. The van der Waals surface area contributed by atoms with Crippen molar-refractivity contribution in [3.8, 4) is 10.4 Å². The first-order valence-corrected chi connectivity index (χ1v) is 15.6. The molecule has 0 bridgehead atoms. The summed E-state index contributed by atoms with van der Waals surface area (Å²) in [6.07, 6.45) is 6.95. The second-order valence-electron chi connectivity index (χ2n) is 9.12. The second-order valence-corrected chi connectivity index (χ2v) is 12.2. The molecule has 10 heteroatoms. The molecule has 7 nitrogen and oxygen atoms in total. The maximum absolute atomic E-state index is 13.6. The van der Waals surface area contributed by atoms with Gasteiger partial charge in [0.15, 0.2) is 5.16 Å². The van der Waals surface area contributed by atoms with E-state index in [4.69, 9.17) is 9.72 Å². The van der Waals surface area contributed by atoms with E-state index in [1.807, 2.05) is 30.3 Å². The van der Waals surface area contributed by atoms with Crippen molar-refractivity contribution in [2.24, 2.45) is 0 Å². The summed E-state index contributed by atoms with van der Waals surface area (Å²) in [5.74, 6) is -0.752. The average Bonchev–Trinajstić information content (AvgIpc) is 3.43. The van der Waals surface area contributed by atoms with Gasteiger partial charge >= 0.3 is 5.97 Å². The Morgan fingerprint density at radius 3 is 2.74 bits per heavy atom. The van der Waals surface area contributed by atoms with Crippen LogP contribution >= 0.6 is 34.4 Å². The van der Waals surface area contributed by atoms with Crippen LogP contribution in [0, 0.1) is 0 Å². The fourth-order valence-electron chi connectivity index (χ4n) is 4.68. The normalized spacial score (nSPS) is 13.1. The number of hydrogen-bond acceptors (Lipinski definition) is 8. The third-order valence-corrected chi connectivity index (χ3v) is 9.73. The van der Waals surface area contributed by atoms with E-state index in [0.29, 0.717) is 22.3 Å². The molecule has 1 amide bonds. The van der Waals surface area contributed by atoms with Crippen molar-refractivity contribution in [1.29, 1.82) is 0 Å². The smallest absolute Gasteiger partial charge is 0.341 e. The van der Waals surface area contributed by atoms with E-state index in [0.717, 1.165) is 51.9 Å². The lowest BCUT2D eigenvalue weighted by atomic mass is 10.1. The first kappa shape index (κ1) is 27.4. The zero-order valence-electron chi connectivity index (χ0n) is 21.7. The molecule has 0 saturated heterocycles. The Balaban J connectivity index is 1.39. The number of hydrogen-bond donors (Lipinski definition) is 1. The summed E-state index contributed by atoms with van der Waals surface area (Å²) in [5, 5.41) is 4.53. The highest BCUT2D eigenvalue weighted by atomic mass is 32.2. The summed E-state index contributed by atoms with van der Waals surface area (Å²) < 4.78 is 6.83. The minimum Gasteiger partial charge on any atom is -0.462 e. The Bertz CT molecular complexity index is 1590. The zero-order chi connectivity index (χ0) is 27.4. The number of carbonyl (C=O) groups is 2. The molecule has 3 aromatic heterocycles. The van der Waals surface area contributed by atoms with Crippen LogP contribution in [0.5, 0.6) is 0 Å². The number of fused-ring (bicyclic) bond motifs is 3. The number of ether oxygens (including phenoxy) is 1. The van der Waals surface area contributed by atoms with Crippen molar-refractivity contribution in [2.75, 3.05) is 17.7 Å². The Labute approximate surface area is 238 Å². The molecular weight excluding hydrogens is 551 g/mol. The number of allylic oxidation sites excluding steroid dienone is 1. The third-order valence-electron chi connectivity index (χ3n) is 6.47. The number of nitrogens with one attached hydrogen (secondary N) is 1. The first-order chi connectivity index (χ1) is 19.0. The molecule has 39 heavy (non-hydrogen) atoms. The molecule has 0 fully saturated rings. The molecule has 0 saturated carbocycles. The van der Waals surface area contributed by atoms with Gasteiger partial charge in [0.1, 0.15) is 9.83 Å². The molecule has 202 valence electrons. The lowest BCUT2D eigenvalue weighted by molar-refractivity contribution is -0.113. The first-order valence-electron chi connectivity index (χ1n) is 12.9. The molecule has 0 aliphatic heterocycles. The largest absolute Gasteiger partial charge is 0.462 e. The van der Waals surface area contributed by atoms with Crippen LogP contribution in [0.3, 0.4) is 0 Å². The Morgan fingerprint density at radius 1 is 1.18 bits per heavy atom. The van der Waals surface area contributed by atoms with Crippen LogP contribution in [0.25, 0.3) is 20.7 Å². The predicted molar refractivity (Wildman–Crippen MR) is 160 cm³/mol. The van der Waals surface area contributed by atoms with Gasteiger partial charge < -0.3 is 10.1 Å². The molecule has 1 aliphatic carbocycles. The molecule has 1 aromatic carbocycles. The topological polar surface area (TPSA) is 90.3 Å². The van der Waals surface area contributed by atoms with Crippen LogP contribution in [0.1, 0.15) is 47.0 Å². The molecule has 0 unspecified atom stereocenters. The Morgan fingerprint density at radius 2 is 1.97 bits per heavy atom. The number of rotatable bonds is 9. The van der Waals surface area contributed by atoms with Gasteiger partial charge in [-0.1, -0.05) is 54.6 Å². The summed E-state index contributed by atoms with van der Waals surface area (Å²) in [4.78, 5) is 46.9. The molecular formula is C29H29N3O4S3. The highest BCUT2D eigenvalue weighted by Gasteiger charge is 2.23. The van der Waals surface area contributed by atoms with Gasteiger partial charge in [-0.25, -0.2) is 9.78 Å². The number of thiophene rings is 2. The number of esters is 1. The summed E-state index contributed by atoms with van der Waals surface area (Å²) in [5.41, 5.74) is 2.35. The van der Waals surface area contributed by atoms with Gasteiger partial charge in [-0.3, -0.25) is 14.2 Å². The molecule has 0 spiro atoms. The van der Waals surface area contributed by atoms with Crippen LogP contribution < -0.4 is 10.9 Å². The molecule has 0 atom stereocenters. The molecule has 1 aliphatic rings. The molecule has 3 heterocycles. The summed E-state index contributed by atoms with van der Waals surface area (Å²) >= 11 is 4.13. The maximum atomic E-state index is 13.6. The number of anilines is 1. The molecule has 4 aromatic rings. The fourth-order valence-corrected chi connectivity index (χ4v) is 7.86. The van der Waals surface area contributed by atoms with Crippen molar-refractivity contribution >= 4 is 61.5 Å². The number of benzene rings is 1. The van der Waals surface area contributed by atoms with Crippen molar-refractivity contribution in [3.63, 3.8) is 0 Å². The van der Waals surface area contributed by atoms with E-state index < -0.39 is 5.97 Å². The van der Waals surface area contributed by atoms with Gasteiger partial charge in [0, 0.05) is 16.3 Å². The lowest BCUT2D eigenvalue weighted by Crippen LogP contribution is -2.24. The molecule has 1 N–H and O–H groups in total. The van der Waals surface area contributed by atoms with Crippen LogP contribution in [0.2, 0.25) is 0 Å².